The molecule has 1 heterocycles. The first kappa shape index (κ1) is 9.02. The molecule has 4 heteroatoms. The third kappa shape index (κ3) is 1.70. The minimum absolute atomic E-state index is 0.586. The maximum Gasteiger partial charge on any atom is 0.180 e. The monoisotopic (exact) mass is 206 g/mol. The first-order chi connectivity index (χ1) is 6.79. The van der Waals surface area contributed by atoms with E-state index in [4.69, 9.17) is 10.5 Å². The molecule has 0 radical (unpaired) electrons. The normalized spacial score (nSPS) is 10.1. The van der Waals surface area contributed by atoms with E-state index < -0.39 is 0 Å². The average Bonchev–Trinajstić information content (AvgIpc) is 2.65. The molecule has 0 bridgehead atoms. The van der Waals surface area contributed by atoms with Gasteiger partial charge in [-0.1, -0.05) is 23.5 Å². The SMILES string of the molecule is COc1cccc(-c2cnc(N)s2)c1. The molecule has 3 nitrogen and oxygen atoms in total. The average molecular weight is 206 g/mol. The van der Waals surface area contributed by atoms with Gasteiger partial charge in [0.2, 0.25) is 0 Å². The number of methoxy groups -OCH3 is 1. The Morgan fingerprint density at radius 1 is 1.43 bits per heavy atom. The lowest BCUT2D eigenvalue weighted by Crippen LogP contribution is -1.81. The standard InChI is InChI=1S/C10H10N2OS/c1-13-8-4-2-3-7(5-8)9-6-12-10(11)14-9/h2-6H,1H3,(H2,11,12). The lowest BCUT2D eigenvalue weighted by Gasteiger charge is -2.01. The number of nitrogens with two attached hydrogens (primary N) is 1. The largest absolute Gasteiger partial charge is 0.497 e. The summed E-state index contributed by atoms with van der Waals surface area (Å²) in [5.74, 6) is 0.842. The van der Waals surface area contributed by atoms with Crippen LogP contribution in [0.15, 0.2) is 30.5 Å². The van der Waals surface area contributed by atoms with Crippen molar-refractivity contribution < 1.29 is 4.74 Å². The van der Waals surface area contributed by atoms with Gasteiger partial charge in [0.05, 0.1) is 12.0 Å². The van der Waals surface area contributed by atoms with Gasteiger partial charge in [-0.25, -0.2) is 4.98 Å². The Labute approximate surface area is 86.2 Å². The first-order valence-electron chi connectivity index (χ1n) is 4.15. The lowest BCUT2D eigenvalue weighted by molar-refractivity contribution is 0.415. The zero-order valence-electron chi connectivity index (χ0n) is 7.73. The molecule has 2 rings (SSSR count). The molecule has 0 aliphatic carbocycles. The highest BCUT2D eigenvalue weighted by atomic mass is 32.1. The number of nitrogen functional groups attached to an aromatic ring is 1. The Bertz CT molecular complexity index is 439. The second-order valence-corrected chi connectivity index (χ2v) is 3.86. The van der Waals surface area contributed by atoms with Crippen LogP contribution in [0.4, 0.5) is 5.13 Å². The number of aromatic nitrogens is 1. The van der Waals surface area contributed by atoms with Gasteiger partial charge >= 0.3 is 0 Å². The van der Waals surface area contributed by atoms with E-state index >= 15 is 0 Å². The van der Waals surface area contributed by atoms with E-state index in [9.17, 15) is 0 Å². The summed E-state index contributed by atoms with van der Waals surface area (Å²) in [4.78, 5) is 5.06. The predicted octanol–water partition coefficient (Wildman–Crippen LogP) is 2.40. The summed E-state index contributed by atoms with van der Waals surface area (Å²) in [6, 6.07) is 7.83. The van der Waals surface area contributed by atoms with Crippen LogP contribution in [0.2, 0.25) is 0 Å². The van der Waals surface area contributed by atoms with Crippen molar-refractivity contribution in [3.8, 4) is 16.2 Å². The molecular formula is C10H10N2OS. The van der Waals surface area contributed by atoms with Crippen molar-refractivity contribution in [1.29, 1.82) is 0 Å². The molecule has 2 N–H and O–H groups in total. The Hall–Kier alpha value is -1.55. The van der Waals surface area contributed by atoms with Crippen molar-refractivity contribution in [2.75, 3.05) is 12.8 Å². The molecule has 0 fully saturated rings. The molecule has 0 saturated heterocycles. The van der Waals surface area contributed by atoms with Gasteiger partial charge in [0.25, 0.3) is 0 Å². The molecule has 72 valence electrons. The highest BCUT2D eigenvalue weighted by molar-refractivity contribution is 7.18. The summed E-state index contributed by atoms with van der Waals surface area (Å²) in [6.45, 7) is 0. The molecule has 0 aliphatic rings. The van der Waals surface area contributed by atoms with Crippen molar-refractivity contribution in [2.45, 2.75) is 0 Å². The number of ether oxygens (including phenoxy) is 1. The first-order valence-corrected chi connectivity index (χ1v) is 4.97. The fourth-order valence-corrected chi connectivity index (χ4v) is 1.88. The zero-order valence-corrected chi connectivity index (χ0v) is 8.54. The van der Waals surface area contributed by atoms with E-state index in [2.05, 4.69) is 4.98 Å². The van der Waals surface area contributed by atoms with Crippen molar-refractivity contribution in [3.63, 3.8) is 0 Å². The fraction of sp³-hybridized carbons (Fsp3) is 0.100. The molecule has 0 unspecified atom stereocenters. The van der Waals surface area contributed by atoms with Crippen LogP contribution >= 0.6 is 11.3 Å². The van der Waals surface area contributed by atoms with Crippen LogP contribution in [0.5, 0.6) is 5.75 Å². The second kappa shape index (κ2) is 3.67. The van der Waals surface area contributed by atoms with Gasteiger partial charge < -0.3 is 10.5 Å². The van der Waals surface area contributed by atoms with E-state index in [1.54, 1.807) is 13.3 Å². The van der Waals surface area contributed by atoms with Crippen molar-refractivity contribution >= 4 is 16.5 Å². The summed E-state index contributed by atoms with van der Waals surface area (Å²) >= 11 is 1.47. The smallest absolute Gasteiger partial charge is 0.180 e. The third-order valence-corrected chi connectivity index (χ3v) is 2.75. The molecule has 0 saturated carbocycles. The van der Waals surface area contributed by atoms with Crippen LogP contribution in [0.3, 0.4) is 0 Å². The zero-order chi connectivity index (χ0) is 9.97. The lowest BCUT2D eigenvalue weighted by atomic mass is 10.2. The predicted molar refractivity (Wildman–Crippen MR) is 58.5 cm³/mol. The number of hydrogen-bond donors (Lipinski definition) is 1. The number of thiazole rings is 1. The van der Waals surface area contributed by atoms with E-state index in [0.29, 0.717) is 5.13 Å². The molecule has 2 aromatic rings. The summed E-state index contributed by atoms with van der Waals surface area (Å²) < 4.78 is 5.14. The molecule has 0 aliphatic heterocycles. The van der Waals surface area contributed by atoms with Gasteiger partial charge in [0, 0.05) is 6.20 Å². The van der Waals surface area contributed by atoms with Gasteiger partial charge in [-0.3, -0.25) is 0 Å². The Morgan fingerprint density at radius 2 is 2.29 bits per heavy atom. The van der Waals surface area contributed by atoms with E-state index in [-0.39, 0.29) is 0 Å². The van der Waals surface area contributed by atoms with Gasteiger partial charge in [-0.2, -0.15) is 0 Å². The molecule has 0 amide bonds. The van der Waals surface area contributed by atoms with Gasteiger partial charge in [0.1, 0.15) is 5.75 Å². The van der Waals surface area contributed by atoms with Crippen molar-refractivity contribution in [3.05, 3.63) is 30.5 Å². The molecule has 0 spiro atoms. The van der Waals surface area contributed by atoms with Crippen LogP contribution in [-0.2, 0) is 0 Å². The number of benzene rings is 1. The third-order valence-electron chi connectivity index (χ3n) is 1.88. The Kier molecular flexibility index (Phi) is 2.37. The number of rotatable bonds is 2. The number of hydrogen-bond acceptors (Lipinski definition) is 4. The van der Waals surface area contributed by atoms with Crippen LogP contribution in [0.1, 0.15) is 0 Å². The molecular weight excluding hydrogens is 196 g/mol. The summed E-state index contributed by atoms with van der Waals surface area (Å²) in [6.07, 6.45) is 1.77. The molecule has 14 heavy (non-hydrogen) atoms. The minimum Gasteiger partial charge on any atom is -0.497 e. The fourth-order valence-electron chi connectivity index (χ4n) is 1.20. The van der Waals surface area contributed by atoms with Gasteiger partial charge in [-0.15, -0.1) is 0 Å². The van der Waals surface area contributed by atoms with Crippen LogP contribution in [-0.4, -0.2) is 12.1 Å². The van der Waals surface area contributed by atoms with E-state index in [1.165, 1.54) is 11.3 Å². The molecule has 1 aromatic heterocycles. The van der Waals surface area contributed by atoms with Crippen LogP contribution < -0.4 is 10.5 Å². The van der Waals surface area contributed by atoms with E-state index in [0.717, 1.165) is 16.2 Å². The second-order valence-electron chi connectivity index (χ2n) is 2.79. The summed E-state index contributed by atoms with van der Waals surface area (Å²) in [5.41, 5.74) is 6.64. The summed E-state index contributed by atoms with van der Waals surface area (Å²) in [5, 5.41) is 0.586. The summed E-state index contributed by atoms with van der Waals surface area (Å²) in [7, 11) is 1.65. The van der Waals surface area contributed by atoms with Crippen LogP contribution in [0.25, 0.3) is 10.4 Å². The van der Waals surface area contributed by atoms with Crippen molar-refractivity contribution in [1.82, 2.24) is 4.98 Å². The minimum atomic E-state index is 0.586. The number of anilines is 1. The maximum absolute atomic E-state index is 5.56. The van der Waals surface area contributed by atoms with Crippen molar-refractivity contribution in [2.24, 2.45) is 0 Å². The maximum atomic E-state index is 5.56. The highest BCUT2D eigenvalue weighted by Gasteiger charge is 2.02. The number of nitrogens with zero attached hydrogens (tertiary/aromatic N) is 1. The Morgan fingerprint density at radius 3 is 2.93 bits per heavy atom. The van der Waals surface area contributed by atoms with Gasteiger partial charge in [0.15, 0.2) is 5.13 Å². The molecule has 0 atom stereocenters. The highest BCUT2D eigenvalue weighted by Crippen LogP contribution is 2.29. The Balaban J connectivity index is 2.41. The van der Waals surface area contributed by atoms with Crippen LogP contribution in [0, 0.1) is 0 Å². The van der Waals surface area contributed by atoms with E-state index in [1.807, 2.05) is 24.3 Å². The van der Waals surface area contributed by atoms with Gasteiger partial charge in [-0.05, 0) is 17.7 Å². The topological polar surface area (TPSA) is 48.1 Å². The quantitative estimate of drug-likeness (QED) is 0.820. The molecule has 1 aromatic carbocycles.